The summed E-state index contributed by atoms with van der Waals surface area (Å²) < 4.78 is 16.4. The number of hydrogen-bond acceptors (Lipinski definition) is 7. The average Bonchev–Trinajstić information content (AvgIpc) is 3.38. The van der Waals surface area contributed by atoms with E-state index in [2.05, 4.69) is 27.3 Å². The van der Waals surface area contributed by atoms with Crippen molar-refractivity contribution < 1.29 is 13.9 Å². The summed E-state index contributed by atoms with van der Waals surface area (Å²) in [5.74, 6) is 3.34. The highest BCUT2D eigenvalue weighted by Crippen LogP contribution is 2.28. The molecule has 0 amide bonds. The number of ether oxygens (including phenoxy) is 2. The third-order valence-electron chi connectivity index (χ3n) is 5.21. The van der Waals surface area contributed by atoms with Crippen molar-refractivity contribution in [3.8, 4) is 22.3 Å². The smallest absolute Gasteiger partial charge is 0.162 e. The normalized spacial score (nSPS) is 15.6. The fourth-order valence-corrected chi connectivity index (χ4v) is 4.38. The number of rotatable bonds is 7. The minimum Gasteiger partial charge on any atom is -0.493 e. The Morgan fingerprint density at radius 3 is 2.34 bits per heavy atom. The van der Waals surface area contributed by atoms with E-state index < -0.39 is 0 Å². The highest BCUT2D eigenvalue weighted by atomic mass is 32.1. The van der Waals surface area contributed by atoms with E-state index in [4.69, 9.17) is 18.9 Å². The molecule has 0 bridgehead atoms. The van der Waals surface area contributed by atoms with Gasteiger partial charge in [0.05, 0.1) is 19.9 Å². The average molecular weight is 414 g/mol. The first-order valence-electron chi connectivity index (χ1n) is 9.81. The van der Waals surface area contributed by atoms with Crippen LogP contribution in [-0.4, -0.2) is 55.2 Å². The minimum absolute atomic E-state index is 0.772. The van der Waals surface area contributed by atoms with E-state index in [0.717, 1.165) is 73.0 Å². The Morgan fingerprint density at radius 1 is 0.966 bits per heavy atom. The first kappa shape index (κ1) is 19.9. The van der Waals surface area contributed by atoms with Gasteiger partial charge in [0.15, 0.2) is 22.3 Å². The molecule has 3 heterocycles. The second-order valence-corrected chi connectivity index (χ2v) is 8.15. The summed E-state index contributed by atoms with van der Waals surface area (Å²) in [6, 6.07) is 10.1. The van der Waals surface area contributed by atoms with E-state index in [1.165, 1.54) is 5.56 Å². The van der Waals surface area contributed by atoms with Gasteiger partial charge in [-0.05, 0) is 36.8 Å². The number of aromatic nitrogens is 1. The van der Waals surface area contributed by atoms with Gasteiger partial charge in [0.2, 0.25) is 0 Å². The van der Waals surface area contributed by atoms with Gasteiger partial charge in [-0.2, -0.15) is 0 Å². The lowest BCUT2D eigenvalue weighted by Crippen LogP contribution is -2.45. The van der Waals surface area contributed by atoms with Gasteiger partial charge in [-0.1, -0.05) is 6.07 Å². The van der Waals surface area contributed by atoms with Gasteiger partial charge in [0.25, 0.3) is 0 Å². The number of nitrogens with zero attached hydrogens (tertiary/aromatic N) is 3. The molecule has 154 valence electrons. The molecule has 3 aromatic rings. The molecule has 1 fully saturated rings. The van der Waals surface area contributed by atoms with E-state index >= 15 is 0 Å². The van der Waals surface area contributed by atoms with Gasteiger partial charge in [0, 0.05) is 44.6 Å². The van der Waals surface area contributed by atoms with Crippen molar-refractivity contribution in [3.05, 3.63) is 52.7 Å². The van der Waals surface area contributed by atoms with Crippen LogP contribution in [0.2, 0.25) is 0 Å². The van der Waals surface area contributed by atoms with Crippen molar-refractivity contribution in [2.75, 3.05) is 40.4 Å². The molecule has 2 aromatic heterocycles. The van der Waals surface area contributed by atoms with Crippen LogP contribution in [-0.2, 0) is 13.1 Å². The second-order valence-electron chi connectivity index (χ2n) is 7.30. The lowest BCUT2D eigenvalue weighted by atomic mass is 10.1. The van der Waals surface area contributed by atoms with Crippen LogP contribution in [0.25, 0.3) is 10.8 Å². The van der Waals surface area contributed by atoms with Crippen LogP contribution in [0.3, 0.4) is 0 Å². The maximum absolute atomic E-state index is 5.69. The summed E-state index contributed by atoms with van der Waals surface area (Å²) in [5.41, 5.74) is 2.36. The van der Waals surface area contributed by atoms with Crippen LogP contribution in [0, 0.1) is 6.92 Å². The topological polar surface area (TPSA) is 51.0 Å². The summed E-state index contributed by atoms with van der Waals surface area (Å²) in [4.78, 5) is 9.71. The van der Waals surface area contributed by atoms with Crippen molar-refractivity contribution >= 4 is 11.3 Å². The van der Waals surface area contributed by atoms with Crippen molar-refractivity contribution in [2.45, 2.75) is 20.0 Å². The largest absolute Gasteiger partial charge is 0.493 e. The van der Waals surface area contributed by atoms with Crippen molar-refractivity contribution in [2.24, 2.45) is 0 Å². The van der Waals surface area contributed by atoms with Crippen molar-refractivity contribution in [1.29, 1.82) is 0 Å². The van der Waals surface area contributed by atoms with Gasteiger partial charge >= 0.3 is 0 Å². The Bertz CT molecular complexity index is 944. The van der Waals surface area contributed by atoms with E-state index in [0.29, 0.717) is 0 Å². The van der Waals surface area contributed by atoms with Crippen LogP contribution in [0.4, 0.5) is 0 Å². The molecule has 0 radical (unpaired) electrons. The van der Waals surface area contributed by atoms with Crippen LogP contribution in [0.15, 0.2) is 40.1 Å². The highest BCUT2D eigenvalue weighted by Gasteiger charge is 2.19. The lowest BCUT2D eigenvalue weighted by molar-refractivity contribution is 0.121. The predicted octanol–water partition coefficient (Wildman–Crippen LogP) is 4.05. The number of methoxy groups -OCH3 is 2. The molecule has 0 saturated carbocycles. The molecular weight excluding hydrogens is 386 g/mol. The van der Waals surface area contributed by atoms with Crippen molar-refractivity contribution in [3.63, 3.8) is 0 Å². The van der Waals surface area contributed by atoms with Gasteiger partial charge in [-0.3, -0.25) is 9.80 Å². The highest BCUT2D eigenvalue weighted by molar-refractivity contribution is 7.13. The summed E-state index contributed by atoms with van der Waals surface area (Å²) >= 11 is 1.65. The van der Waals surface area contributed by atoms with Crippen LogP contribution in [0.5, 0.6) is 11.5 Å². The Morgan fingerprint density at radius 2 is 1.69 bits per heavy atom. The van der Waals surface area contributed by atoms with Crippen LogP contribution in [0.1, 0.15) is 17.0 Å². The Labute approximate surface area is 175 Å². The van der Waals surface area contributed by atoms with Gasteiger partial charge in [0.1, 0.15) is 5.76 Å². The van der Waals surface area contributed by atoms with Gasteiger partial charge in [-0.15, -0.1) is 11.3 Å². The van der Waals surface area contributed by atoms with E-state index in [1.807, 2.05) is 25.1 Å². The Kier molecular flexibility index (Phi) is 6.18. The van der Waals surface area contributed by atoms with E-state index in [-0.39, 0.29) is 0 Å². The zero-order valence-corrected chi connectivity index (χ0v) is 18.0. The molecule has 6 nitrogen and oxygen atoms in total. The first-order chi connectivity index (χ1) is 14.1. The van der Waals surface area contributed by atoms with Crippen LogP contribution >= 0.6 is 11.3 Å². The number of furan rings is 1. The summed E-state index contributed by atoms with van der Waals surface area (Å²) in [6.45, 7) is 7.94. The maximum atomic E-state index is 5.69. The molecular formula is C22H27N3O3S. The number of hydrogen-bond donors (Lipinski definition) is 0. The first-order valence-corrected chi connectivity index (χ1v) is 10.7. The van der Waals surface area contributed by atoms with Crippen LogP contribution < -0.4 is 9.47 Å². The quantitative estimate of drug-likeness (QED) is 0.583. The molecule has 7 heteroatoms. The maximum Gasteiger partial charge on any atom is 0.162 e. The molecule has 1 aliphatic rings. The molecule has 0 atom stereocenters. The fraction of sp³-hybridized carbons (Fsp3) is 0.409. The molecule has 29 heavy (non-hydrogen) atoms. The molecule has 1 aliphatic heterocycles. The Hall–Kier alpha value is -2.35. The standard InChI is InChI=1S/C22H27N3O3S/c1-16-4-6-20(28-16)22-23-18(15-29-22)14-25-10-8-24(9-11-25)13-17-5-7-19(26-2)21(12-17)27-3/h4-7,12,15H,8-11,13-14H2,1-3H3. The van der Waals surface area contributed by atoms with E-state index in [1.54, 1.807) is 25.6 Å². The number of piperazine rings is 1. The monoisotopic (exact) mass is 413 g/mol. The Balaban J connectivity index is 1.29. The molecule has 1 saturated heterocycles. The third-order valence-corrected chi connectivity index (χ3v) is 6.11. The van der Waals surface area contributed by atoms with Gasteiger partial charge in [-0.25, -0.2) is 4.98 Å². The predicted molar refractivity (Wildman–Crippen MR) is 115 cm³/mol. The molecule has 0 unspecified atom stereocenters. The molecule has 1 aromatic carbocycles. The summed E-state index contributed by atoms with van der Waals surface area (Å²) in [6.07, 6.45) is 0. The zero-order valence-electron chi connectivity index (χ0n) is 17.2. The number of thiazole rings is 1. The SMILES string of the molecule is COc1ccc(CN2CCN(Cc3csc(-c4ccc(C)o4)n3)CC2)cc1OC. The molecule has 0 aliphatic carbocycles. The second kappa shape index (κ2) is 8.98. The zero-order chi connectivity index (χ0) is 20.2. The summed E-state index contributed by atoms with van der Waals surface area (Å²) in [7, 11) is 3.34. The third kappa shape index (κ3) is 4.80. The summed E-state index contributed by atoms with van der Waals surface area (Å²) in [5, 5.41) is 3.10. The minimum atomic E-state index is 0.772. The molecule has 0 N–H and O–H groups in total. The van der Waals surface area contributed by atoms with Crippen molar-refractivity contribution in [1.82, 2.24) is 14.8 Å². The lowest BCUT2D eigenvalue weighted by Gasteiger charge is -2.34. The molecule has 4 rings (SSSR count). The fourth-order valence-electron chi connectivity index (χ4n) is 3.61. The van der Waals surface area contributed by atoms with Gasteiger partial charge < -0.3 is 13.9 Å². The number of aryl methyl sites for hydroxylation is 1. The van der Waals surface area contributed by atoms with E-state index in [9.17, 15) is 0 Å². The molecule has 0 spiro atoms. The number of benzene rings is 1.